The van der Waals surface area contributed by atoms with Crippen LogP contribution in [0.5, 0.6) is 0 Å². The van der Waals surface area contributed by atoms with Gasteiger partial charge in [-0.05, 0) is 30.2 Å². The quantitative estimate of drug-likeness (QED) is 0.898. The van der Waals surface area contributed by atoms with Gasteiger partial charge in [-0.15, -0.1) is 0 Å². The number of hydrogen-bond donors (Lipinski definition) is 2. The van der Waals surface area contributed by atoms with E-state index in [9.17, 15) is 14.0 Å². The molecule has 1 atom stereocenters. The van der Waals surface area contributed by atoms with Gasteiger partial charge in [0.25, 0.3) is 0 Å². The summed E-state index contributed by atoms with van der Waals surface area (Å²) in [6.07, 6.45) is 0.632. The first-order valence-corrected chi connectivity index (χ1v) is 7.74. The Morgan fingerprint density at radius 1 is 1.42 bits per heavy atom. The zero-order chi connectivity index (χ0) is 17.3. The molecular weight excluding hydrogens is 313 g/mol. The van der Waals surface area contributed by atoms with Crippen LogP contribution in [-0.4, -0.2) is 26.6 Å². The standard InChI is InChI=1S/C16H18FN5O2/c1-9(2)7-13-19-16-20-14(23)8-12(22(16)21-13)15(24)18-11-5-3-10(17)4-6-11/h3-6,9,12H,7-8H2,1-2H3,(H,18,24)(H,19,20,21,23)/t12-/m1/s1. The second kappa shape index (κ2) is 6.38. The molecule has 1 aliphatic heterocycles. The SMILES string of the molecule is CC(C)Cc1nc2n(n1)[C@@H](C(=O)Nc1ccc(F)cc1)CC(=O)N2. The average molecular weight is 331 g/mol. The van der Waals surface area contributed by atoms with Crippen LogP contribution in [0.4, 0.5) is 16.0 Å². The van der Waals surface area contributed by atoms with Crippen LogP contribution in [0.1, 0.15) is 32.1 Å². The third-order valence-electron chi connectivity index (χ3n) is 3.61. The molecule has 0 unspecified atom stereocenters. The van der Waals surface area contributed by atoms with Gasteiger partial charge in [0.15, 0.2) is 5.82 Å². The number of nitrogens with one attached hydrogen (secondary N) is 2. The molecule has 1 aromatic heterocycles. The monoisotopic (exact) mass is 331 g/mol. The minimum absolute atomic E-state index is 0.0233. The number of aromatic nitrogens is 3. The van der Waals surface area contributed by atoms with Gasteiger partial charge < -0.3 is 5.32 Å². The Bertz CT molecular complexity index is 769. The van der Waals surface area contributed by atoms with Crippen molar-refractivity contribution in [1.82, 2.24) is 14.8 Å². The molecule has 0 aliphatic carbocycles. The van der Waals surface area contributed by atoms with E-state index < -0.39 is 11.9 Å². The Hall–Kier alpha value is -2.77. The van der Waals surface area contributed by atoms with Crippen LogP contribution in [0, 0.1) is 11.7 Å². The summed E-state index contributed by atoms with van der Waals surface area (Å²) in [5.74, 6) is 0.158. The molecule has 0 spiro atoms. The van der Waals surface area contributed by atoms with E-state index in [-0.39, 0.29) is 24.1 Å². The summed E-state index contributed by atoms with van der Waals surface area (Å²) in [6, 6.07) is 4.65. The topological polar surface area (TPSA) is 88.9 Å². The van der Waals surface area contributed by atoms with Gasteiger partial charge in [0.1, 0.15) is 11.9 Å². The highest BCUT2D eigenvalue weighted by molar-refractivity contribution is 6.00. The maximum Gasteiger partial charge on any atom is 0.249 e. The van der Waals surface area contributed by atoms with Gasteiger partial charge >= 0.3 is 0 Å². The molecular formula is C16H18FN5O2. The summed E-state index contributed by atoms with van der Waals surface area (Å²) < 4.78 is 14.4. The first-order valence-electron chi connectivity index (χ1n) is 7.74. The Labute approximate surface area is 138 Å². The summed E-state index contributed by atoms with van der Waals surface area (Å²) in [5, 5.41) is 9.66. The van der Waals surface area contributed by atoms with Crippen LogP contribution >= 0.6 is 0 Å². The fourth-order valence-corrected chi connectivity index (χ4v) is 2.52. The molecule has 2 aromatic rings. The van der Waals surface area contributed by atoms with Gasteiger partial charge in [0, 0.05) is 12.1 Å². The molecule has 0 fully saturated rings. The summed E-state index contributed by atoms with van der Waals surface area (Å²) >= 11 is 0. The predicted octanol–water partition coefficient (Wildman–Crippen LogP) is 2.14. The van der Waals surface area contributed by atoms with E-state index in [0.29, 0.717) is 23.9 Å². The van der Waals surface area contributed by atoms with Crippen molar-refractivity contribution in [3.05, 3.63) is 35.9 Å². The predicted molar refractivity (Wildman–Crippen MR) is 85.9 cm³/mol. The second-order valence-electron chi connectivity index (χ2n) is 6.16. The first kappa shape index (κ1) is 16.1. The molecule has 2 heterocycles. The van der Waals surface area contributed by atoms with E-state index in [2.05, 4.69) is 20.7 Å². The van der Waals surface area contributed by atoms with Crippen LogP contribution in [0.3, 0.4) is 0 Å². The third-order valence-corrected chi connectivity index (χ3v) is 3.61. The molecule has 1 aromatic carbocycles. The fourth-order valence-electron chi connectivity index (χ4n) is 2.52. The summed E-state index contributed by atoms with van der Waals surface area (Å²) in [6.45, 7) is 4.08. The molecule has 0 bridgehead atoms. The lowest BCUT2D eigenvalue weighted by atomic mass is 10.1. The zero-order valence-electron chi connectivity index (χ0n) is 13.4. The smallest absolute Gasteiger partial charge is 0.249 e. The molecule has 2 amide bonds. The molecule has 8 heteroatoms. The number of carbonyl (C=O) groups is 2. The van der Waals surface area contributed by atoms with Crippen molar-refractivity contribution in [2.24, 2.45) is 5.92 Å². The van der Waals surface area contributed by atoms with E-state index >= 15 is 0 Å². The Morgan fingerprint density at radius 3 is 2.79 bits per heavy atom. The van der Waals surface area contributed by atoms with E-state index in [1.54, 1.807) is 0 Å². The van der Waals surface area contributed by atoms with Crippen LogP contribution in [0.15, 0.2) is 24.3 Å². The van der Waals surface area contributed by atoms with Crippen molar-refractivity contribution < 1.29 is 14.0 Å². The third kappa shape index (κ3) is 3.42. The van der Waals surface area contributed by atoms with Crippen molar-refractivity contribution in [3.63, 3.8) is 0 Å². The first-order chi connectivity index (χ1) is 11.4. The molecule has 2 N–H and O–H groups in total. The molecule has 0 saturated heterocycles. The van der Waals surface area contributed by atoms with Gasteiger partial charge in [-0.2, -0.15) is 10.1 Å². The minimum atomic E-state index is -0.785. The zero-order valence-corrected chi connectivity index (χ0v) is 13.4. The van der Waals surface area contributed by atoms with Crippen LogP contribution < -0.4 is 10.6 Å². The average Bonchev–Trinajstić information content (AvgIpc) is 2.89. The lowest BCUT2D eigenvalue weighted by molar-refractivity contribution is -0.125. The molecule has 126 valence electrons. The maximum absolute atomic E-state index is 12.9. The number of nitrogens with zero attached hydrogens (tertiary/aromatic N) is 3. The molecule has 3 rings (SSSR count). The summed E-state index contributed by atoms with van der Waals surface area (Å²) in [4.78, 5) is 28.6. The van der Waals surface area contributed by atoms with Gasteiger partial charge in [0.2, 0.25) is 17.8 Å². The second-order valence-corrected chi connectivity index (χ2v) is 6.16. The van der Waals surface area contributed by atoms with Crippen molar-refractivity contribution in [2.75, 3.05) is 10.6 Å². The fraction of sp³-hybridized carbons (Fsp3) is 0.375. The largest absolute Gasteiger partial charge is 0.324 e. The highest BCUT2D eigenvalue weighted by atomic mass is 19.1. The number of halogens is 1. The Kier molecular flexibility index (Phi) is 4.28. The van der Waals surface area contributed by atoms with Gasteiger partial charge in [-0.1, -0.05) is 13.8 Å². The summed E-state index contributed by atoms with van der Waals surface area (Å²) in [7, 11) is 0. The molecule has 7 nitrogen and oxygen atoms in total. The molecule has 1 aliphatic rings. The van der Waals surface area contributed by atoms with Crippen LogP contribution in [0.2, 0.25) is 0 Å². The number of benzene rings is 1. The highest BCUT2D eigenvalue weighted by Crippen LogP contribution is 2.25. The van der Waals surface area contributed by atoms with Crippen molar-refractivity contribution in [2.45, 2.75) is 32.7 Å². The minimum Gasteiger partial charge on any atom is -0.324 e. The number of carbonyl (C=O) groups excluding carboxylic acids is 2. The molecule has 0 saturated carbocycles. The van der Waals surface area contributed by atoms with E-state index in [4.69, 9.17) is 0 Å². The van der Waals surface area contributed by atoms with Crippen molar-refractivity contribution >= 4 is 23.5 Å². The normalized spacial score (nSPS) is 16.7. The van der Waals surface area contributed by atoms with Gasteiger partial charge in [-0.25, -0.2) is 9.07 Å². The molecule has 24 heavy (non-hydrogen) atoms. The summed E-state index contributed by atoms with van der Waals surface area (Å²) in [5.41, 5.74) is 0.455. The number of rotatable bonds is 4. The Morgan fingerprint density at radius 2 is 2.12 bits per heavy atom. The Balaban J connectivity index is 1.83. The number of amides is 2. The van der Waals surface area contributed by atoms with Crippen LogP contribution in [0.25, 0.3) is 0 Å². The van der Waals surface area contributed by atoms with Gasteiger partial charge in [0.05, 0.1) is 6.42 Å². The molecule has 0 radical (unpaired) electrons. The number of fused-ring (bicyclic) bond motifs is 1. The maximum atomic E-state index is 12.9. The van der Waals surface area contributed by atoms with Gasteiger partial charge in [-0.3, -0.25) is 14.9 Å². The lowest BCUT2D eigenvalue weighted by Gasteiger charge is -2.22. The highest BCUT2D eigenvalue weighted by Gasteiger charge is 2.33. The van der Waals surface area contributed by atoms with E-state index in [1.807, 2.05) is 13.8 Å². The van der Waals surface area contributed by atoms with Crippen molar-refractivity contribution in [3.8, 4) is 0 Å². The van der Waals surface area contributed by atoms with Crippen molar-refractivity contribution in [1.29, 1.82) is 0 Å². The van der Waals surface area contributed by atoms with E-state index in [0.717, 1.165) is 0 Å². The lowest BCUT2D eigenvalue weighted by Crippen LogP contribution is -2.36. The van der Waals surface area contributed by atoms with E-state index in [1.165, 1.54) is 28.9 Å². The number of anilines is 2. The van der Waals surface area contributed by atoms with Crippen LogP contribution in [-0.2, 0) is 16.0 Å². The number of hydrogen-bond acceptors (Lipinski definition) is 4.